The second-order valence-electron chi connectivity index (χ2n) is 6.96. The van der Waals surface area contributed by atoms with Gasteiger partial charge in [0.25, 0.3) is 0 Å². The van der Waals surface area contributed by atoms with E-state index in [-0.39, 0.29) is 5.91 Å². The second-order valence-corrected chi connectivity index (χ2v) is 6.96. The molecule has 0 unspecified atom stereocenters. The summed E-state index contributed by atoms with van der Waals surface area (Å²) in [5.41, 5.74) is 5.40. The van der Waals surface area contributed by atoms with Crippen LogP contribution in [-0.4, -0.2) is 48.2 Å². The first-order chi connectivity index (χ1) is 12.3. The normalized spacial score (nSPS) is 13.1. The Labute approximate surface area is 156 Å². The average Bonchev–Trinajstić information content (AvgIpc) is 2.57. The van der Waals surface area contributed by atoms with E-state index in [1.54, 1.807) is 0 Å². The Morgan fingerprint density at radius 2 is 1.58 bits per heavy atom. The van der Waals surface area contributed by atoms with Gasteiger partial charge in [-0.3, -0.25) is 4.79 Å². The largest absolute Gasteiger partial charge is 0.480 e. The molecule has 0 aliphatic heterocycles. The van der Waals surface area contributed by atoms with Crippen LogP contribution >= 0.6 is 0 Å². The quantitative estimate of drug-likeness (QED) is 0.295. The van der Waals surface area contributed by atoms with Gasteiger partial charge in [0.05, 0.1) is 0 Å². The van der Waals surface area contributed by atoms with Crippen LogP contribution in [0.1, 0.15) is 65.7 Å². The number of carboxylic acids is 1. The van der Waals surface area contributed by atoms with Gasteiger partial charge in [0.1, 0.15) is 12.1 Å². The van der Waals surface area contributed by atoms with Crippen LogP contribution in [-0.2, 0) is 9.59 Å². The van der Waals surface area contributed by atoms with E-state index in [1.807, 2.05) is 6.92 Å². The highest BCUT2D eigenvalue weighted by atomic mass is 16.4. The highest BCUT2D eigenvalue weighted by Crippen LogP contribution is 2.04. The van der Waals surface area contributed by atoms with Crippen LogP contribution < -0.4 is 21.7 Å². The Bertz CT molecular complexity index is 429. The zero-order chi connectivity index (χ0) is 19.9. The molecule has 0 heterocycles. The van der Waals surface area contributed by atoms with E-state index in [2.05, 4.69) is 29.8 Å². The van der Waals surface area contributed by atoms with Gasteiger partial charge >= 0.3 is 12.0 Å². The highest BCUT2D eigenvalue weighted by Gasteiger charge is 2.24. The number of hydrogen-bond acceptors (Lipinski definition) is 4. The van der Waals surface area contributed by atoms with Gasteiger partial charge in [-0.25, -0.2) is 9.59 Å². The molecule has 0 spiro atoms. The molecule has 0 rings (SSSR count). The molecule has 6 N–H and O–H groups in total. The summed E-state index contributed by atoms with van der Waals surface area (Å²) in [7, 11) is 0. The summed E-state index contributed by atoms with van der Waals surface area (Å²) in [6, 6.07) is -2.29. The van der Waals surface area contributed by atoms with Crippen molar-refractivity contribution in [2.24, 2.45) is 11.7 Å². The lowest BCUT2D eigenvalue weighted by atomic mass is 10.1. The minimum atomic E-state index is -1.09. The van der Waals surface area contributed by atoms with Crippen LogP contribution in [0.5, 0.6) is 0 Å². The molecular weight excluding hydrogens is 336 g/mol. The van der Waals surface area contributed by atoms with E-state index < -0.39 is 24.1 Å². The number of aliphatic carboxylic acids is 1. The number of urea groups is 1. The van der Waals surface area contributed by atoms with Gasteiger partial charge in [0.2, 0.25) is 5.91 Å². The smallest absolute Gasteiger partial charge is 0.326 e. The van der Waals surface area contributed by atoms with Crippen molar-refractivity contribution in [2.75, 3.05) is 13.1 Å². The summed E-state index contributed by atoms with van der Waals surface area (Å²) in [5.74, 6) is -0.849. The third-order valence-electron chi connectivity index (χ3n) is 4.04. The molecule has 2 atom stereocenters. The summed E-state index contributed by atoms with van der Waals surface area (Å²) < 4.78 is 0. The summed E-state index contributed by atoms with van der Waals surface area (Å²) in [4.78, 5) is 35.7. The number of amides is 3. The number of hydrogen-bond donors (Lipinski definition) is 5. The monoisotopic (exact) mass is 372 g/mol. The molecule has 152 valence electrons. The van der Waals surface area contributed by atoms with E-state index >= 15 is 0 Å². The minimum Gasteiger partial charge on any atom is -0.480 e. The van der Waals surface area contributed by atoms with E-state index in [9.17, 15) is 19.5 Å². The Kier molecular flexibility index (Phi) is 13.3. The number of carbonyl (C=O) groups excluding carboxylic acids is 2. The van der Waals surface area contributed by atoms with Crippen molar-refractivity contribution in [3.63, 3.8) is 0 Å². The number of rotatable bonds is 14. The summed E-state index contributed by atoms with van der Waals surface area (Å²) >= 11 is 0. The topological polar surface area (TPSA) is 134 Å². The van der Waals surface area contributed by atoms with Gasteiger partial charge in [-0.15, -0.1) is 0 Å². The van der Waals surface area contributed by atoms with Crippen molar-refractivity contribution < 1.29 is 19.5 Å². The molecule has 26 heavy (non-hydrogen) atoms. The van der Waals surface area contributed by atoms with Crippen molar-refractivity contribution in [1.29, 1.82) is 0 Å². The molecule has 0 saturated heterocycles. The fourth-order valence-electron chi connectivity index (χ4n) is 2.39. The maximum atomic E-state index is 12.3. The zero-order valence-electron chi connectivity index (χ0n) is 16.3. The predicted octanol–water partition coefficient (Wildman–Crippen LogP) is 1.59. The second kappa shape index (κ2) is 14.4. The Morgan fingerprint density at radius 3 is 2.12 bits per heavy atom. The molecule has 0 aromatic carbocycles. The number of nitrogens with two attached hydrogens (primary N) is 1. The van der Waals surface area contributed by atoms with Gasteiger partial charge in [0, 0.05) is 6.54 Å². The molecule has 0 radical (unpaired) electrons. The first kappa shape index (κ1) is 24.2. The molecule has 3 amide bonds. The van der Waals surface area contributed by atoms with Crippen LogP contribution in [0.2, 0.25) is 0 Å². The number of nitrogens with one attached hydrogen (secondary N) is 3. The molecule has 0 aliphatic rings. The maximum Gasteiger partial charge on any atom is 0.326 e. The van der Waals surface area contributed by atoms with Crippen molar-refractivity contribution in [1.82, 2.24) is 16.0 Å². The molecule has 0 aromatic heterocycles. The maximum absolute atomic E-state index is 12.3. The van der Waals surface area contributed by atoms with Crippen molar-refractivity contribution in [3.05, 3.63) is 0 Å². The summed E-state index contributed by atoms with van der Waals surface area (Å²) in [6.07, 6.45) is 4.69. The summed E-state index contributed by atoms with van der Waals surface area (Å²) in [6.45, 7) is 7.19. The molecule has 0 fully saturated rings. The third-order valence-corrected chi connectivity index (χ3v) is 4.04. The fourth-order valence-corrected chi connectivity index (χ4v) is 2.39. The van der Waals surface area contributed by atoms with Crippen LogP contribution in [0, 0.1) is 5.92 Å². The Balaban J connectivity index is 4.62. The standard InChI is InChI=1S/C18H36N4O4/c1-4-5-8-14(16(23)20-12-10-13(2)3)21-18(26)22-15(17(24)25)9-6-7-11-19/h13-15H,4-12,19H2,1-3H3,(H,20,23)(H,24,25)(H2,21,22,26)/t14-,15+/m1/s1. The van der Waals surface area contributed by atoms with Gasteiger partial charge in [-0.2, -0.15) is 0 Å². The SMILES string of the molecule is CCCC[C@@H](NC(=O)N[C@@H](CCCCN)C(=O)O)C(=O)NCCC(C)C. The lowest BCUT2D eigenvalue weighted by molar-refractivity contribution is -0.139. The molecule has 8 nitrogen and oxygen atoms in total. The Hall–Kier alpha value is -1.83. The highest BCUT2D eigenvalue weighted by molar-refractivity contribution is 5.88. The zero-order valence-corrected chi connectivity index (χ0v) is 16.3. The first-order valence-electron chi connectivity index (χ1n) is 9.59. The van der Waals surface area contributed by atoms with E-state index in [1.165, 1.54) is 0 Å². The van der Waals surface area contributed by atoms with Gasteiger partial charge in [0.15, 0.2) is 0 Å². The number of carbonyl (C=O) groups is 3. The number of unbranched alkanes of at least 4 members (excludes halogenated alkanes) is 2. The van der Waals surface area contributed by atoms with Gasteiger partial charge < -0.3 is 26.8 Å². The summed E-state index contributed by atoms with van der Waals surface area (Å²) in [5, 5.41) is 17.1. The average molecular weight is 373 g/mol. The molecular formula is C18H36N4O4. The molecule has 8 heteroatoms. The minimum absolute atomic E-state index is 0.232. The van der Waals surface area contributed by atoms with Gasteiger partial charge in [-0.05, 0) is 44.6 Å². The molecule has 0 aromatic rings. The van der Waals surface area contributed by atoms with Crippen molar-refractivity contribution >= 4 is 17.9 Å². The van der Waals surface area contributed by atoms with Gasteiger partial charge in [-0.1, -0.05) is 33.6 Å². The molecule has 0 bridgehead atoms. The fraction of sp³-hybridized carbons (Fsp3) is 0.833. The lowest BCUT2D eigenvalue weighted by Gasteiger charge is -2.21. The first-order valence-corrected chi connectivity index (χ1v) is 9.59. The lowest BCUT2D eigenvalue weighted by Crippen LogP contribution is -2.53. The van der Waals surface area contributed by atoms with Crippen LogP contribution in [0.15, 0.2) is 0 Å². The predicted molar refractivity (Wildman–Crippen MR) is 102 cm³/mol. The van der Waals surface area contributed by atoms with Crippen LogP contribution in [0.25, 0.3) is 0 Å². The van der Waals surface area contributed by atoms with Crippen LogP contribution in [0.3, 0.4) is 0 Å². The van der Waals surface area contributed by atoms with Crippen molar-refractivity contribution in [3.8, 4) is 0 Å². The van der Waals surface area contributed by atoms with E-state index in [0.717, 1.165) is 19.3 Å². The molecule has 0 saturated carbocycles. The Morgan fingerprint density at radius 1 is 0.962 bits per heavy atom. The van der Waals surface area contributed by atoms with Crippen LogP contribution in [0.4, 0.5) is 4.79 Å². The van der Waals surface area contributed by atoms with E-state index in [0.29, 0.717) is 44.7 Å². The van der Waals surface area contributed by atoms with Crippen molar-refractivity contribution in [2.45, 2.75) is 77.8 Å². The third kappa shape index (κ3) is 11.7. The number of carboxylic acid groups (broad SMARTS) is 1. The van der Waals surface area contributed by atoms with E-state index in [4.69, 9.17) is 5.73 Å². The molecule has 0 aliphatic carbocycles.